The molecule has 0 aromatic heterocycles. The summed E-state index contributed by atoms with van der Waals surface area (Å²) in [7, 11) is 0. The van der Waals surface area contributed by atoms with E-state index in [0.29, 0.717) is 0 Å². The quantitative estimate of drug-likeness (QED) is 0.745. The molecule has 0 aliphatic rings. The van der Waals surface area contributed by atoms with Crippen LogP contribution in [0, 0.1) is 0 Å². The van der Waals surface area contributed by atoms with E-state index in [4.69, 9.17) is 14.2 Å². The third-order valence-corrected chi connectivity index (χ3v) is 1.22. The molecule has 0 atom stereocenters. The molecule has 6 heteroatoms. The third kappa shape index (κ3) is 105. The zero-order valence-electron chi connectivity index (χ0n) is 12.7. The summed E-state index contributed by atoms with van der Waals surface area (Å²) < 4.78 is 14.5. The van der Waals surface area contributed by atoms with Crippen LogP contribution in [0.4, 0.5) is 14.1 Å². The Kier molecular flexibility index (Phi) is 109. The van der Waals surface area contributed by atoms with Gasteiger partial charge in [0.1, 0.15) is 0 Å². The predicted octanol–water partition coefficient (Wildman–Crippen LogP) is 3.59. The Morgan fingerprint density at radius 3 is 0.500 bits per heavy atom. The molecule has 0 aromatic carbocycles. The maximum atomic E-state index is 4.83. The summed E-state index contributed by atoms with van der Waals surface area (Å²) in [5.74, 6) is 0. The van der Waals surface area contributed by atoms with Crippen LogP contribution in [0.5, 0.6) is 0 Å². The molecule has 0 fully saturated rings. The standard InChI is InChI=1S/3C4H10O.3FH/c3*1-3-5-4-2;;;/h3*3-4H2,1-2H3;3*1H. The molecule has 0 saturated carbocycles. The van der Waals surface area contributed by atoms with Crippen molar-refractivity contribution in [2.75, 3.05) is 39.6 Å². The van der Waals surface area contributed by atoms with Crippen LogP contribution in [-0.2, 0) is 14.2 Å². The minimum atomic E-state index is 0. The van der Waals surface area contributed by atoms with E-state index in [2.05, 4.69) is 0 Å². The van der Waals surface area contributed by atoms with E-state index in [1.165, 1.54) is 0 Å². The van der Waals surface area contributed by atoms with Crippen molar-refractivity contribution in [3.05, 3.63) is 0 Å². The Hall–Kier alpha value is -0.330. The molecule has 120 valence electrons. The van der Waals surface area contributed by atoms with Crippen molar-refractivity contribution in [3.8, 4) is 0 Å². The number of hydrogen-bond donors (Lipinski definition) is 0. The van der Waals surface area contributed by atoms with Gasteiger partial charge in [-0.25, -0.2) is 0 Å². The molecule has 0 bridgehead atoms. The van der Waals surface area contributed by atoms with Crippen LogP contribution in [0.25, 0.3) is 0 Å². The molecule has 0 rings (SSSR count). The largest absolute Gasteiger partial charge is 0.382 e. The van der Waals surface area contributed by atoms with E-state index in [9.17, 15) is 0 Å². The topological polar surface area (TPSA) is 27.7 Å². The Bertz CT molecular complexity index is 59.3. The van der Waals surface area contributed by atoms with Gasteiger partial charge < -0.3 is 14.2 Å². The summed E-state index contributed by atoms with van der Waals surface area (Å²) in [6.45, 7) is 17.0. The van der Waals surface area contributed by atoms with E-state index in [1.54, 1.807) is 0 Å². The number of halogens is 3. The van der Waals surface area contributed by atoms with Crippen LogP contribution in [0.1, 0.15) is 41.5 Å². The van der Waals surface area contributed by atoms with Gasteiger partial charge in [0, 0.05) is 39.6 Å². The molecule has 0 heterocycles. The SMILES string of the molecule is CCOCC.CCOCC.CCOCC.F.F.F. The van der Waals surface area contributed by atoms with E-state index >= 15 is 0 Å². The lowest BCUT2D eigenvalue weighted by Gasteiger charge is -1.86. The lowest BCUT2D eigenvalue weighted by molar-refractivity contribution is 0.162. The molecule has 0 radical (unpaired) electrons. The number of ether oxygens (including phenoxy) is 3. The lowest BCUT2D eigenvalue weighted by atomic mass is 10.8. The first-order valence-electron chi connectivity index (χ1n) is 5.97. The van der Waals surface area contributed by atoms with Crippen molar-refractivity contribution in [1.29, 1.82) is 0 Å². The fourth-order valence-electron chi connectivity index (χ4n) is 0.612. The molecule has 18 heavy (non-hydrogen) atoms. The maximum absolute atomic E-state index is 4.83. The van der Waals surface area contributed by atoms with Crippen molar-refractivity contribution in [1.82, 2.24) is 0 Å². The summed E-state index contributed by atoms with van der Waals surface area (Å²) in [5, 5.41) is 0. The van der Waals surface area contributed by atoms with Gasteiger partial charge in [-0.05, 0) is 41.5 Å². The third-order valence-electron chi connectivity index (χ3n) is 1.22. The smallest absolute Gasteiger partial charge is 0.0437 e. The molecular weight excluding hydrogens is 249 g/mol. The van der Waals surface area contributed by atoms with Gasteiger partial charge in [0.05, 0.1) is 0 Å². The normalized spacial score (nSPS) is 7.00. The molecular formula is C12H33F3O3. The van der Waals surface area contributed by atoms with Gasteiger partial charge in [-0.1, -0.05) is 0 Å². The summed E-state index contributed by atoms with van der Waals surface area (Å²) >= 11 is 0. The second kappa shape index (κ2) is 54.5. The summed E-state index contributed by atoms with van der Waals surface area (Å²) in [6, 6.07) is 0. The van der Waals surface area contributed by atoms with E-state index < -0.39 is 0 Å². The Balaban J connectivity index is -0.0000000277. The molecule has 0 spiro atoms. The average Bonchev–Trinajstić information content (AvgIpc) is 2.23. The van der Waals surface area contributed by atoms with Crippen LogP contribution in [-0.4, -0.2) is 39.6 Å². The van der Waals surface area contributed by atoms with Crippen molar-refractivity contribution in [2.24, 2.45) is 0 Å². The minimum Gasteiger partial charge on any atom is -0.382 e. The van der Waals surface area contributed by atoms with Crippen molar-refractivity contribution < 1.29 is 28.3 Å². The predicted molar refractivity (Wildman–Crippen MR) is 74.0 cm³/mol. The first-order chi connectivity index (χ1) is 7.24. The zero-order valence-corrected chi connectivity index (χ0v) is 12.7. The van der Waals surface area contributed by atoms with Gasteiger partial charge in [0.25, 0.3) is 0 Å². The van der Waals surface area contributed by atoms with Gasteiger partial charge in [-0.15, -0.1) is 0 Å². The van der Waals surface area contributed by atoms with Crippen molar-refractivity contribution in [3.63, 3.8) is 0 Å². The summed E-state index contributed by atoms with van der Waals surface area (Å²) in [6.07, 6.45) is 0. The number of rotatable bonds is 6. The Morgan fingerprint density at radius 2 is 0.500 bits per heavy atom. The monoisotopic (exact) mass is 282 g/mol. The van der Waals surface area contributed by atoms with Gasteiger partial charge in [0.2, 0.25) is 0 Å². The lowest BCUT2D eigenvalue weighted by Crippen LogP contribution is -1.84. The van der Waals surface area contributed by atoms with Crippen LogP contribution in [0.15, 0.2) is 0 Å². The summed E-state index contributed by atoms with van der Waals surface area (Å²) in [5.41, 5.74) is 0. The van der Waals surface area contributed by atoms with Gasteiger partial charge >= 0.3 is 0 Å². The summed E-state index contributed by atoms with van der Waals surface area (Å²) in [4.78, 5) is 0. The molecule has 0 N–H and O–H groups in total. The van der Waals surface area contributed by atoms with Gasteiger partial charge in [0.15, 0.2) is 0 Å². The first kappa shape index (κ1) is 36.1. The van der Waals surface area contributed by atoms with E-state index in [0.717, 1.165) is 39.6 Å². The average molecular weight is 282 g/mol. The van der Waals surface area contributed by atoms with Gasteiger partial charge in [-0.2, -0.15) is 0 Å². The maximum Gasteiger partial charge on any atom is 0.0437 e. The fourth-order valence-corrected chi connectivity index (χ4v) is 0.612. The van der Waals surface area contributed by atoms with E-state index in [1.807, 2.05) is 41.5 Å². The molecule has 3 nitrogen and oxygen atoms in total. The highest BCUT2D eigenvalue weighted by atomic mass is 19.0. The molecule has 0 saturated heterocycles. The molecule has 0 amide bonds. The fraction of sp³-hybridized carbons (Fsp3) is 1.00. The minimum absolute atomic E-state index is 0. The molecule has 0 aliphatic heterocycles. The second-order valence-corrected chi connectivity index (χ2v) is 2.34. The van der Waals surface area contributed by atoms with Crippen LogP contribution in [0.3, 0.4) is 0 Å². The molecule has 0 aromatic rings. The highest BCUT2D eigenvalue weighted by molar-refractivity contribution is 4.08. The number of hydrogen-bond acceptors (Lipinski definition) is 3. The van der Waals surface area contributed by atoms with Crippen LogP contribution < -0.4 is 0 Å². The highest BCUT2D eigenvalue weighted by Crippen LogP contribution is 1.65. The Labute approximate surface area is 110 Å². The molecule has 0 aliphatic carbocycles. The second-order valence-electron chi connectivity index (χ2n) is 2.34. The first-order valence-corrected chi connectivity index (χ1v) is 5.97. The van der Waals surface area contributed by atoms with Crippen molar-refractivity contribution in [2.45, 2.75) is 41.5 Å². The highest BCUT2D eigenvalue weighted by Gasteiger charge is 1.64. The zero-order chi connectivity index (χ0) is 12.4. The molecule has 0 unspecified atom stereocenters. The van der Waals surface area contributed by atoms with Crippen LogP contribution >= 0.6 is 0 Å². The Morgan fingerprint density at radius 1 is 0.389 bits per heavy atom. The van der Waals surface area contributed by atoms with Crippen molar-refractivity contribution >= 4 is 0 Å². The van der Waals surface area contributed by atoms with Crippen LogP contribution in [0.2, 0.25) is 0 Å². The van der Waals surface area contributed by atoms with Gasteiger partial charge in [-0.3, -0.25) is 14.1 Å². The van der Waals surface area contributed by atoms with E-state index in [-0.39, 0.29) is 14.1 Å².